The average molecular weight is 287 g/mol. The summed E-state index contributed by atoms with van der Waals surface area (Å²) in [6.45, 7) is 0. The highest BCUT2D eigenvalue weighted by atomic mass is 16.6. The summed E-state index contributed by atoms with van der Waals surface area (Å²) < 4.78 is 10.7. The van der Waals surface area contributed by atoms with Crippen LogP contribution in [0.3, 0.4) is 0 Å². The van der Waals surface area contributed by atoms with Crippen LogP contribution in [-0.4, -0.2) is 17.9 Å². The molecule has 0 radical (unpaired) electrons. The van der Waals surface area contributed by atoms with E-state index in [0.29, 0.717) is 22.8 Å². The monoisotopic (exact) mass is 287 g/mol. The quantitative estimate of drug-likeness (QED) is 0.380. The normalized spacial score (nSPS) is 9.95. The second-order valence-electron chi connectivity index (χ2n) is 4.13. The van der Waals surface area contributed by atoms with Gasteiger partial charge in [0.05, 0.1) is 17.6 Å². The summed E-state index contributed by atoms with van der Waals surface area (Å²) >= 11 is 0. The summed E-state index contributed by atoms with van der Waals surface area (Å²) in [5.41, 5.74) is 5.88. The first-order chi connectivity index (χ1) is 10.0. The molecular weight excluding hydrogens is 274 g/mol. The third-order valence-corrected chi connectivity index (χ3v) is 2.75. The Hall–Kier alpha value is -3.09. The number of amidine groups is 1. The summed E-state index contributed by atoms with van der Waals surface area (Å²) in [4.78, 5) is 10.1. The molecule has 0 bridgehead atoms. The molecule has 108 valence electrons. The van der Waals surface area contributed by atoms with Gasteiger partial charge < -0.3 is 15.2 Å². The maximum atomic E-state index is 10.6. The van der Waals surface area contributed by atoms with Crippen LogP contribution in [0.4, 0.5) is 5.69 Å². The molecule has 0 saturated carbocycles. The number of nitro benzene ring substituents is 1. The smallest absolute Gasteiger partial charge is 0.269 e. The van der Waals surface area contributed by atoms with Crippen LogP contribution in [0, 0.1) is 15.5 Å². The number of hydrogen-bond donors (Lipinski definition) is 2. The average Bonchev–Trinajstić information content (AvgIpc) is 2.47. The van der Waals surface area contributed by atoms with Crippen molar-refractivity contribution in [2.24, 2.45) is 5.73 Å². The minimum absolute atomic E-state index is 0.0280. The topological polar surface area (TPSA) is 111 Å². The lowest BCUT2D eigenvalue weighted by atomic mass is 10.1. The Morgan fingerprint density at radius 2 is 1.81 bits per heavy atom. The summed E-state index contributed by atoms with van der Waals surface area (Å²) in [6, 6.07) is 10.5. The molecule has 0 amide bonds. The molecule has 7 nitrogen and oxygen atoms in total. The Morgan fingerprint density at radius 3 is 2.33 bits per heavy atom. The van der Waals surface area contributed by atoms with Gasteiger partial charge in [-0.2, -0.15) is 0 Å². The van der Waals surface area contributed by atoms with Gasteiger partial charge >= 0.3 is 0 Å². The van der Waals surface area contributed by atoms with Gasteiger partial charge in [0.2, 0.25) is 0 Å². The Kier molecular flexibility index (Phi) is 4.03. The zero-order valence-corrected chi connectivity index (χ0v) is 11.2. The van der Waals surface area contributed by atoms with Crippen LogP contribution in [0.2, 0.25) is 0 Å². The van der Waals surface area contributed by atoms with Gasteiger partial charge in [-0.05, 0) is 24.3 Å². The number of ether oxygens (including phenoxy) is 2. The highest BCUT2D eigenvalue weighted by Gasteiger charge is 2.11. The molecule has 7 heteroatoms. The number of hydrogen-bond acceptors (Lipinski definition) is 5. The minimum Gasteiger partial charge on any atom is -0.497 e. The van der Waals surface area contributed by atoms with Crippen LogP contribution < -0.4 is 15.2 Å². The van der Waals surface area contributed by atoms with Gasteiger partial charge in [0, 0.05) is 18.2 Å². The maximum absolute atomic E-state index is 10.6. The lowest BCUT2D eigenvalue weighted by Gasteiger charge is -2.11. The Labute approximate surface area is 120 Å². The van der Waals surface area contributed by atoms with E-state index in [1.165, 1.54) is 31.4 Å². The SMILES string of the molecule is COc1ccc(C(=N)N)c(Oc2ccc([N+](=O)[O-])cc2)c1. The fraction of sp³-hybridized carbons (Fsp3) is 0.0714. The van der Waals surface area contributed by atoms with E-state index in [-0.39, 0.29) is 11.5 Å². The molecule has 0 spiro atoms. The predicted octanol–water partition coefficient (Wildman–Crippen LogP) is 2.68. The zero-order chi connectivity index (χ0) is 15.4. The highest BCUT2D eigenvalue weighted by Crippen LogP contribution is 2.30. The van der Waals surface area contributed by atoms with Crippen molar-refractivity contribution in [3.8, 4) is 17.2 Å². The Balaban J connectivity index is 2.33. The molecule has 2 aromatic carbocycles. The summed E-state index contributed by atoms with van der Waals surface area (Å²) in [7, 11) is 1.51. The molecular formula is C14H13N3O4. The number of nitro groups is 1. The molecule has 2 aromatic rings. The summed E-state index contributed by atoms with van der Waals surface area (Å²) in [5, 5.41) is 18.1. The highest BCUT2D eigenvalue weighted by molar-refractivity contribution is 5.97. The molecule has 21 heavy (non-hydrogen) atoms. The summed E-state index contributed by atoms with van der Waals surface area (Å²) in [6.07, 6.45) is 0. The Morgan fingerprint density at radius 1 is 1.19 bits per heavy atom. The second kappa shape index (κ2) is 5.91. The molecule has 0 atom stereocenters. The van der Waals surface area contributed by atoms with E-state index >= 15 is 0 Å². The van der Waals surface area contributed by atoms with Gasteiger partial charge in [-0.15, -0.1) is 0 Å². The third-order valence-electron chi connectivity index (χ3n) is 2.75. The molecule has 0 aliphatic heterocycles. The zero-order valence-electron chi connectivity index (χ0n) is 11.2. The third kappa shape index (κ3) is 3.27. The number of nitrogens with two attached hydrogens (primary N) is 1. The van der Waals surface area contributed by atoms with Crippen molar-refractivity contribution in [3.63, 3.8) is 0 Å². The first-order valence-electron chi connectivity index (χ1n) is 5.96. The van der Waals surface area contributed by atoms with Crippen LogP contribution in [0.5, 0.6) is 17.2 Å². The standard InChI is InChI=1S/C14H13N3O4/c1-20-11-6-7-12(14(15)16)13(8-11)21-10-4-2-9(3-5-10)17(18)19/h2-8H,1H3,(H3,15,16). The lowest BCUT2D eigenvalue weighted by Crippen LogP contribution is -2.12. The van der Waals surface area contributed by atoms with E-state index in [0.717, 1.165) is 0 Å². The maximum Gasteiger partial charge on any atom is 0.269 e. The van der Waals surface area contributed by atoms with Gasteiger partial charge in [-0.25, -0.2) is 0 Å². The number of nitrogens with one attached hydrogen (secondary N) is 1. The van der Waals surface area contributed by atoms with Crippen LogP contribution in [0.15, 0.2) is 42.5 Å². The molecule has 0 aromatic heterocycles. The number of rotatable bonds is 5. The molecule has 0 fully saturated rings. The van der Waals surface area contributed by atoms with Gasteiger partial charge in [-0.1, -0.05) is 0 Å². The lowest BCUT2D eigenvalue weighted by molar-refractivity contribution is -0.384. The number of nitrogens with zero attached hydrogens (tertiary/aromatic N) is 1. The van der Waals surface area contributed by atoms with Gasteiger partial charge in [0.1, 0.15) is 23.1 Å². The summed E-state index contributed by atoms with van der Waals surface area (Å²) in [5.74, 6) is 1.15. The fourth-order valence-electron chi connectivity index (χ4n) is 1.70. The van der Waals surface area contributed by atoms with Crippen molar-refractivity contribution >= 4 is 11.5 Å². The molecule has 0 heterocycles. The van der Waals surface area contributed by atoms with Crippen LogP contribution >= 0.6 is 0 Å². The minimum atomic E-state index is -0.490. The number of methoxy groups -OCH3 is 1. The first-order valence-corrected chi connectivity index (χ1v) is 5.96. The van der Waals surface area contributed by atoms with Crippen molar-refractivity contribution < 1.29 is 14.4 Å². The van der Waals surface area contributed by atoms with Crippen molar-refractivity contribution in [2.45, 2.75) is 0 Å². The fourth-order valence-corrected chi connectivity index (χ4v) is 1.70. The first kappa shape index (κ1) is 14.3. The van der Waals surface area contributed by atoms with Gasteiger partial charge in [0.15, 0.2) is 0 Å². The van der Waals surface area contributed by atoms with Crippen LogP contribution in [-0.2, 0) is 0 Å². The van der Waals surface area contributed by atoms with Gasteiger partial charge in [-0.3, -0.25) is 15.5 Å². The molecule has 0 aliphatic carbocycles. The molecule has 2 rings (SSSR count). The van der Waals surface area contributed by atoms with Gasteiger partial charge in [0.25, 0.3) is 5.69 Å². The van der Waals surface area contributed by atoms with E-state index < -0.39 is 4.92 Å². The number of nitrogen functional groups attached to an aromatic ring is 1. The van der Waals surface area contributed by atoms with Crippen molar-refractivity contribution in [1.29, 1.82) is 5.41 Å². The largest absolute Gasteiger partial charge is 0.497 e. The van der Waals surface area contributed by atoms with E-state index in [1.54, 1.807) is 18.2 Å². The van der Waals surface area contributed by atoms with Crippen LogP contribution in [0.25, 0.3) is 0 Å². The van der Waals surface area contributed by atoms with Crippen LogP contribution in [0.1, 0.15) is 5.56 Å². The van der Waals surface area contributed by atoms with Crippen molar-refractivity contribution in [1.82, 2.24) is 0 Å². The predicted molar refractivity (Wildman–Crippen MR) is 77.2 cm³/mol. The van der Waals surface area contributed by atoms with Crippen molar-refractivity contribution in [3.05, 3.63) is 58.1 Å². The number of benzene rings is 2. The molecule has 3 N–H and O–H groups in total. The van der Waals surface area contributed by atoms with E-state index in [4.69, 9.17) is 20.6 Å². The Bertz CT molecular complexity index is 683. The molecule has 0 aliphatic rings. The van der Waals surface area contributed by atoms with E-state index in [1.807, 2.05) is 0 Å². The number of non-ortho nitro benzene ring substituents is 1. The van der Waals surface area contributed by atoms with E-state index in [9.17, 15) is 10.1 Å². The molecule has 0 unspecified atom stereocenters. The van der Waals surface area contributed by atoms with Crippen molar-refractivity contribution in [2.75, 3.05) is 7.11 Å². The second-order valence-corrected chi connectivity index (χ2v) is 4.13. The molecule has 0 saturated heterocycles. The van der Waals surface area contributed by atoms with E-state index in [2.05, 4.69) is 0 Å².